The van der Waals surface area contributed by atoms with Crippen LogP contribution in [0.5, 0.6) is 5.75 Å². The third-order valence-electron chi connectivity index (χ3n) is 2.19. The molecule has 15 heavy (non-hydrogen) atoms. The molecule has 1 aromatic rings. The molecule has 0 amide bonds. The van der Waals surface area contributed by atoms with E-state index in [1.165, 1.54) is 0 Å². The summed E-state index contributed by atoms with van der Waals surface area (Å²) in [4.78, 5) is 6.50. The molecule has 0 aliphatic rings. The molecule has 0 heterocycles. The Bertz CT molecular complexity index is 345. The fraction of sp³-hybridized carbons (Fsp3) is 0.417. The molecule has 0 radical (unpaired) electrons. The Balaban J connectivity index is 2.68. The molecule has 0 bridgehead atoms. The van der Waals surface area contributed by atoms with Crippen molar-refractivity contribution in [2.45, 2.75) is 6.92 Å². The van der Waals surface area contributed by atoms with E-state index in [2.05, 4.69) is 9.89 Å². The number of phenols is 1. The zero-order chi connectivity index (χ0) is 11.3. The molecule has 1 rings (SSSR count). The molecule has 82 valence electrons. The number of para-hydroxylation sites is 1. The van der Waals surface area contributed by atoms with Gasteiger partial charge in [0.1, 0.15) is 5.75 Å². The van der Waals surface area contributed by atoms with Crippen molar-refractivity contribution >= 4 is 5.71 Å². The van der Waals surface area contributed by atoms with Crippen LogP contribution in [-0.4, -0.2) is 42.9 Å². The lowest BCUT2D eigenvalue weighted by Crippen LogP contribution is -2.16. The summed E-state index contributed by atoms with van der Waals surface area (Å²) in [5.41, 5.74) is 1.70. The highest BCUT2D eigenvalue weighted by Gasteiger charge is 2.02. The van der Waals surface area contributed by atoms with Gasteiger partial charge >= 0.3 is 0 Å². The van der Waals surface area contributed by atoms with Gasteiger partial charge in [0.25, 0.3) is 0 Å². The maximum Gasteiger partial charge on any atom is 0.124 e. The zero-order valence-electron chi connectivity index (χ0n) is 9.57. The summed E-state index contributed by atoms with van der Waals surface area (Å²) in [5, 5.41) is 9.60. The lowest BCUT2D eigenvalue weighted by atomic mass is 10.1. The zero-order valence-corrected chi connectivity index (χ0v) is 9.57. The van der Waals surface area contributed by atoms with Crippen LogP contribution in [0.25, 0.3) is 0 Å². The molecule has 0 aliphatic carbocycles. The largest absolute Gasteiger partial charge is 0.507 e. The second-order valence-corrected chi connectivity index (χ2v) is 3.79. The van der Waals surface area contributed by atoms with Crippen LogP contribution in [0.3, 0.4) is 0 Å². The highest BCUT2D eigenvalue weighted by Crippen LogP contribution is 2.16. The van der Waals surface area contributed by atoms with Crippen molar-refractivity contribution in [1.82, 2.24) is 4.90 Å². The van der Waals surface area contributed by atoms with Gasteiger partial charge in [-0.05, 0) is 33.2 Å². The van der Waals surface area contributed by atoms with E-state index in [4.69, 9.17) is 0 Å². The Kier molecular flexibility index (Phi) is 4.31. The molecule has 0 saturated heterocycles. The van der Waals surface area contributed by atoms with Crippen molar-refractivity contribution in [1.29, 1.82) is 0 Å². The molecule has 0 aliphatic heterocycles. The number of benzene rings is 1. The van der Waals surface area contributed by atoms with Gasteiger partial charge in [-0.25, -0.2) is 0 Å². The number of hydrogen-bond donors (Lipinski definition) is 1. The maximum atomic E-state index is 9.60. The number of phenolic OH excluding ortho intramolecular Hbond substituents is 1. The van der Waals surface area contributed by atoms with Gasteiger partial charge < -0.3 is 10.0 Å². The third-order valence-corrected chi connectivity index (χ3v) is 2.19. The minimum Gasteiger partial charge on any atom is -0.507 e. The first-order valence-electron chi connectivity index (χ1n) is 5.05. The lowest BCUT2D eigenvalue weighted by Gasteiger charge is -2.07. The number of aromatic hydroxyl groups is 1. The van der Waals surface area contributed by atoms with Gasteiger partial charge in [0.15, 0.2) is 0 Å². The van der Waals surface area contributed by atoms with Gasteiger partial charge in [0, 0.05) is 17.8 Å². The Morgan fingerprint density at radius 3 is 2.60 bits per heavy atom. The molecule has 3 heteroatoms. The van der Waals surface area contributed by atoms with E-state index in [0.717, 1.165) is 24.4 Å². The molecule has 0 saturated carbocycles. The van der Waals surface area contributed by atoms with Crippen LogP contribution in [0, 0.1) is 0 Å². The molecule has 0 atom stereocenters. The van der Waals surface area contributed by atoms with Crippen molar-refractivity contribution in [3.8, 4) is 5.75 Å². The van der Waals surface area contributed by atoms with Gasteiger partial charge in [-0.3, -0.25) is 4.99 Å². The first kappa shape index (κ1) is 11.7. The SMILES string of the molecule is C/C(=N\CCN(C)C)c1ccccc1O. The number of likely N-dealkylation sites (N-methyl/N-ethyl adjacent to an activating group) is 1. The van der Waals surface area contributed by atoms with Crippen molar-refractivity contribution in [3.63, 3.8) is 0 Å². The second-order valence-electron chi connectivity index (χ2n) is 3.79. The van der Waals surface area contributed by atoms with Crippen LogP contribution in [0.1, 0.15) is 12.5 Å². The van der Waals surface area contributed by atoms with E-state index < -0.39 is 0 Å². The first-order chi connectivity index (χ1) is 7.11. The second kappa shape index (κ2) is 5.51. The minimum absolute atomic E-state index is 0.295. The molecule has 0 fully saturated rings. The standard InChI is InChI=1S/C12H18N2O/c1-10(13-8-9-14(2)3)11-6-4-5-7-12(11)15/h4-7,15H,8-9H2,1-3H3/b13-10+. The van der Waals surface area contributed by atoms with E-state index in [1.54, 1.807) is 6.07 Å². The number of aliphatic imine (C=N–C) groups is 1. The molecule has 1 N–H and O–H groups in total. The summed E-state index contributed by atoms with van der Waals surface area (Å²) in [5.74, 6) is 0.295. The normalized spacial score (nSPS) is 12.1. The average Bonchev–Trinajstić information content (AvgIpc) is 2.17. The molecule has 3 nitrogen and oxygen atoms in total. The molecular weight excluding hydrogens is 188 g/mol. The van der Waals surface area contributed by atoms with Gasteiger partial charge in [-0.1, -0.05) is 12.1 Å². The third kappa shape index (κ3) is 3.72. The molecule has 0 spiro atoms. The van der Waals surface area contributed by atoms with Crippen LogP contribution in [0.15, 0.2) is 29.3 Å². The van der Waals surface area contributed by atoms with E-state index >= 15 is 0 Å². The first-order valence-corrected chi connectivity index (χ1v) is 5.05. The quantitative estimate of drug-likeness (QED) is 0.762. The topological polar surface area (TPSA) is 35.8 Å². The Hall–Kier alpha value is -1.35. The maximum absolute atomic E-state index is 9.60. The van der Waals surface area contributed by atoms with Crippen LogP contribution in [0.4, 0.5) is 0 Å². The van der Waals surface area contributed by atoms with Crippen LogP contribution in [0.2, 0.25) is 0 Å². The monoisotopic (exact) mass is 206 g/mol. The van der Waals surface area contributed by atoms with Gasteiger partial charge in [0.2, 0.25) is 0 Å². The summed E-state index contributed by atoms with van der Waals surface area (Å²) < 4.78 is 0. The molecular formula is C12H18N2O. The van der Waals surface area contributed by atoms with Crippen molar-refractivity contribution in [2.24, 2.45) is 4.99 Å². The van der Waals surface area contributed by atoms with E-state index in [0.29, 0.717) is 5.75 Å². The van der Waals surface area contributed by atoms with Crippen LogP contribution < -0.4 is 0 Å². The van der Waals surface area contributed by atoms with Gasteiger partial charge in [-0.15, -0.1) is 0 Å². The Labute approximate surface area is 91.1 Å². The fourth-order valence-corrected chi connectivity index (χ4v) is 1.28. The van der Waals surface area contributed by atoms with E-state index in [-0.39, 0.29) is 0 Å². The highest BCUT2D eigenvalue weighted by molar-refractivity contribution is 6.00. The van der Waals surface area contributed by atoms with Crippen LogP contribution >= 0.6 is 0 Å². The smallest absolute Gasteiger partial charge is 0.124 e. The van der Waals surface area contributed by atoms with Crippen molar-refractivity contribution in [2.75, 3.05) is 27.2 Å². The predicted octanol–water partition coefficient (Wildman–Crippen LogP) is 1.76. The van der Waals surface area contributed by atoms with Crippen molar-refractivity contribution in [3.05, 3.63) is 29.8 Å². The van der Waals surface area contributed by atoms with Crippen molar-refractivity contribution < 1.29 is 5.11 Å². The Morgan fingerprint density at radius 2 is 2.00 bits per heavy atom. The Morgan fingerprint density at radius 1 is 1.33 bits per heavy atom. The lowest BCUT2D eigenvalue weighted by molar-refractivity contribution is 0.420. The van der Waals surface area contributed by atoms with E-state index in [9.17, 15) is 5.11 Å². The van der Waals surface area contributed by atoms with Gasteiger partial charge in [0.05, 0.1) is 6.54 Å². The molecule has 0 aromatic heterocycles. The molecule has 1 aromatic carbocycles. The van der Waals surface area contributed by atoms with E-state index in [1.807, 2.05) is 39.2 Å². The summed E-state index contributed by atoms with van der Waals surface area (Å²) in [7, 11) is 4.04. The summed E-state index contributed by atoms with van der Waals surface area (Å²) in [6, 6.07) is 7.27. The number of hydrogen-bond acceptors (Lipinski definition) is 3. The fourth-order valence-electron chi connectivity index (χ4n) is 1.28. The average molecular weight is 206 g/mol. The minimum atomic E-state index is 0.295. The summed E-state index contributed by atoms with van der Waals surface area (Å²) >= 11 is 0. The number of rotatable bonds is 4. The molecule has 0 unspecified atom stereocenters. The van der Waals surface area contributed by atoms with Gasteiger partial charge in [-0.2, -0.15) is 0 Å². The van der Waals surface area contributed by atoms with Crippen LogP contribution in [-0.2, 0) is 0 Å². The predicted molar refractivity (Wildman–Crippen MR) is 63.7 cm³/mol. The summed E-state index contributed by atoms with van der Waals surface area (Å²) in [6.07, 6.45) is 0. The highest BCUT2D eigenvalue weighted by atomic mass is 16.3. The number of nitrogens with zero attached hydrogens (tertiary/aromatic N) is 2. The summed E-state index contributed by atoms with van der Waals surface area (Å²) in [6.45, 7) is 3.60.